The Kier molecular flexibility index (Phi) is 6.39. The van der Waals surface area contributed by atoms with Crippen LogP contribution in [0.25, 0.3) is 0 Å². The summed E-state index contributed by atoms with van der Waals surface area (Å²) >= 11 is 6.31. The van der Waals surface area contributed by atoms with E-state index in [1.165, 1.54) is 6.92 Å². The lowest BCUT2D eigenvalue weighted by atomic mass is 9.61. The number of carbonyl (C=O) groups is 2. The number of hydrogen-bond acceptors (Lipinski definition) is 5. The second-order valence-corrected chi connectivity index (χ2v) is 6.95. The van der Waals surface area contributed by atoms with Crippen molar-refractivity contribution in [2.75, 3.05) is 19.8 Å². The van der Waals surface area contributed by atoms with Gasteiger partial charge >= 0.3 is 11.9 Å². The molecule has 0 aromatic heterocycles. The average Bonchev–Trinajstić information content (AvgIpc) is 2.58. The van der Waals surface area contributed by atoms with Gasteiger partial charge in [-0.3, -0.25) is 14.6 Å². The van der Waals surface area contributed by atoms with E-state index in [4.69, 9.17) is 22.1 Å². The molecule has 4 atom stereocenters. The summed E-state index contributed by atoms with van der Waals surface area (Å²) in [6.07, 6.45) is 0. The Morgan fingerprint density at radius 3 is 2.54 bits per heavy atom. The van der Waals surface area contributed by atoms with E-state index in [1.807, 2.05) is 0 Å². The maximum absolute atomic E-state index is 12.2. The highest BCUT2D eigenvalue weighted by Crippen LogP contribution is 2.50. The van der Waals surface area contributed by atoms with Crippen molar-refractivity contribution >= 4 is 29.3 Å². The third-order valence-electron chi connectivity index (χ3n) is 5.05. The fourth-order valence-electron chi connectivity index (χ4n) is 3.48. The monoisotopic (exact) mass is 382 g/mol. The third kappa shape index (κ3) is 3.60. The highest BCUT2D eigenvalue weighted by molar-refractivity contribution is 6.31. The van der Waals surface area contributed by atoms with E-state index < -0.39 is 35.2 Å². The lowest BCUT2D eigenvalue weighted by molar-refractivity contribution is -0.154. The van der Waals surface area contributed by atoms with E-state index in [0.717, 1.165) is 0 Å². The summed E-state index contributed by atoms with van der Waals surface area (Å²) in [5.41, 5.74) is 4.74. The molecule has 0 amide bonds. The Hall–Kier alpha value is -1.96. The molecule has 0 bridgehead atoms. The second kappa shape index (κ2) is 8.16. The molecule has 2 rings (SSSR count). The van der Waals surface area contributed by atoms with Crippen LogP contribution in [0, 0.1) is 11.3 Å². The van der Waals surface area contributed by atoms with Gasteiger partial charge in [-0.2, -0.15) is 0 Å². The zero-order valence-electron chi connectivity index (χ0n) is 14.7. The van der Waals surface area contributed by atoms with Gasteiger partial charge in [0.2, 0.25) is 0 Å². The van der Waals surface area contributed by atoms with Crippen LogP contribution >= 0.6 is 11.6 Å². The molecule has 0 fully saturated rings. The van der Waals surface area contributed by atoms with Crippen molar-refractivity contribution in [3.8, 4) is 0 Å². The van der Waals surface area contributed by atoms with E-state index in [2.05, 4.69) is 4.99 Å². The molecule has 1 heterocycles. The first kappa shape index (κ1) is 20.4. The molecule has 1 aliphatic heterocycles. The number of rotatable bonds is 7. The topological polar surface area (TPSA) is 122 Å². The Morgan fingerprint density at radius 1 is 1.35 bits per heavy atom. The molecule has 4 unspecified atom stereocenters. The number of hydrogen-bond donors (Lipinski definition) is 3. The molecule has 1 aliphatic rings. The Bertz CT molecular complexity index is 723. The zero-order valence-corrected chi connectivity index (χ0v) is 15.4. The summed E-state index contributed by atoms with van der Waals surface area (Å²) in [5.74, 6) is -4.34. The SMILES string of the molecule is CC1N=C(COCCN)C(C(=O)O)C(c2ccccc2Cl)C1(C)C(=O)O. The van der Waals surface area contributed by atoms with Gasteiger partial charge in [0.05, 0.1) is 30.4 Å². The van der Waals surface area contributed by atoms with Crippen LogP contribution in [0.15, 0.2) is 29.3 Å². The van der Waals surface area contributed by atoms with Crippen molar-refractivity contribution in [3.63, 3.8) is 0 Å². The molecule has 0 radical (unpaired) electrons. The Labute approximate surface area is 156 Å². The molecule has 0 spiro atoms. The van der Waals surface area contributed by atoms with E-state index in [-0.39, 0.29) is 13.2 Å². The molecular weight excluding hydrogens is 360 g/mol. The number of aliphatic imine (C=N–C) groups is 1. The van der Waals surface area contributed by atoms with E-state index in [0.29, 0.717) is 22.8 Å². The first-order valence-electron chi connectivity index (χ1n) is 8.30. The quantitative estimate of drug-likeness (QED) is 0.620. The zero-order chi connectivity index (χ0) is 19.5. The van der Waals surface area contributed by atoms with Crippen LogP contribution in [-0.4, -0.2) is 53.7 Å². The normalized spacial score (nSPS) is 28.5. The van der Waals surface area contributed by atoms with Gasteiger partial charge < -0.3 is 20.7 Å². The van der Waals surface area contributed by atoms with Crippen LogP contribution in [0.1, 0.15) is 25.3 Å². The van der Waals surface area contributed by atoms with Crippen LogP contribution in [0.3, 0.4) is 0 Å². The van der Waals surface area contributed by atoms with Gasteiger partial charge in [0.25, 0.3) is 0 Å². The summed E-state index contributed by atoms with van der Waals surface area (Å²) < 4.78 is 5.39. The first-order valence-corrected chi connectivity index (χ1v) is 8.67. The minimum Gasteiger partial charge on any atom is -0.481 e. The number of ether oxygens (including phenoxy) is 1. The van der Waals surface area contributed by atoms with Gasteiger partial charge in [-0.1, -0.05) is 29.8 Å². The number of nitrogens with two attached hydrogens (primary N) is 1. The van der Waals surface area contributed by atoms with Crippen LogP contribution in [0.2, 0.25) is 5.02 Å². The van der Waals surface area contributed by atoms with Gasteiger partial charge in [-0.15, -0.1) is 0 Å². The molecular formula is C18H23ClN2O5. The van der Waals surface area contributed by atoms with Crippen LogP contribution in [0.5, 0.6) is 0 Å². The van der Waals surface area contributed by atoms with Crippen molar-refractivity contribution in [2.45, 2.75) is 25.8 Å². The predicted molar refractivity (Wildman–Crippen MR) is 97.8 cm³/mol. The van der Waals surface area contributed by atoms with Crippen molar-refractivity contribution in [3.05, 3.63) is 34.9 Å². The number of benzene rings is 1. The number of nitrogens with zero attached hydrogens (tertiary/aromatic N) is 1. The maximum atomic E-state index is 12.2. The molecule has 8 heteroatoms. The predicted octanol–water partition coefficient (Wildman–Crippen LogP) is 2.03. The maximum Gasteiger partial charge on any atom is 0.312 e. The summed E-state index contributed by atoms with van der Waals surface area (Å²) in [7, 11) is 0. The van der Waals surface area contributed by atoms with Crippen molar-refractivity contribution in [2.24, 2.45) is 22.1 Å². The largest absolute Gasteiger partial charge is 0.481 e. The van der Waals surface area contributed by atoms with Crippen molar-refractivity contribution < 1.29 is 24.5 Å². The molecule has 1 aromatic carbocycles. The van der Waals surface area contributed by atoms with Gasteiger partial charge in [-0.25, -0.2) is 0 Å². The highest BCUT2D eigenvalue weighted by Gasteiger charge is 2.56. The van der Waals surface area contributed by atoms with E-state index in [1.54, 1.807) is 31.2 Å². The Balaban J connectivity index is 2.63. The minimum atomic E-state index is -1.44. The summed E-state index contributed by atoms with van der Waals surface area (Å²) in [4.78, 5) is 28.7. The standard InChI is InChI=1S/C18H23ClN2O5/c1-10-18(2,17(24)25)15(11-5-3-4-6-12(11)19)14(16(22)23)13(21-10)9-26-8-7-20/h3-6,10,14-15H,7-9,20H2,1-2H3,(H,22,23)(H,24,25). The average molecular weight is 383 g/mol. The molecule has 0 saturated carbocycles. The molecule has 1 aromatic rings. The van der Waals surface area contributed by atoms with Crippen molar-refractivity contribution in [1.29, 1.82) is 0 Å². The van der Waals surface area contributed by atoms with E-state index >= 15 is 0 Å². The molecule has 7 nitrogen and oxygen atoms in total. The summed E-state index contributed by atoms with van der Waals surface area (Å²) in [6.45, 7) is 3.72. The van der Waals surface area contributed by atoms with Crippen molar-refractivity contribution in [1.82, 2.24) is 0 Å². The first-order chi connectivity index (χ1) is 12.2. The molecule has 0 aliphatic carbocycles. The van der Waals surface area contributed by atoms with Gasteiger partial charge in [-0.05, 0) is 25.5 Å². The summed E-state index contributed by atoms with van der Waals surface area (Å²) in [5, 5.41) is 20.2. The third-order valence-corrected chi connectivity index (χ3v) is 5.39. The number of aliphatic carboxylic acids is 2. The van der Waals surface area contributed by atoms with Crippen LogP contribution in [0.4, 0.5) is 0 Å². The number of carboxylic acid groups (broad SMARTS) is 2. The molecule has 4 N–H and O–H groups in total. The molecule has 0 saturated heterocycles. The number of halogens is 1. The number of carboxylic acids is 2. The van der Waals surface area contributed by atoms with Gasteiger partial charge in [0.1, 0.15) is 5.92 Å². The lowest BCUT2D eigenvalue weighted by Crippen LogP contribution is -2.53. The Morgan fingerprint density at radius 2 is 2.00 bits per heavy atom. The highest BCUT2D eigenvalue weighted by atomic mass is 35.5. The fraction of sp³-hybridized carbons (Fsp3) is 0.500. The minimum absolute atomic E-state index is 0.0187. The van der Waals surface area contributed by atoms with Gasteiger partial charge in [0.15, 0.2) is 0 Å². The van der Waals surface area contributed by atoms with E-state index in [9.17, 15) is 19.8 Å². The second-order valence-electron chi connectivity index (χ2n) is 6.54. The molecule has 142 valence electrons. The van der Waals surface area contributed by atoms with Crippen LogP contribution < -0.4 is 5.73 Å². The summed E-state index contributed by atoms with van der Waals surface area (Å²) in [6, 6.07) is 6.06. The van der Waals surface area contributed by atoms with Crippen LogP contribution in [-0.2, 0) is 14.3 Å². The lowest BCUT2D eigenvalue weighted by Gasteiger charge is -2.44. The smallest absolute Gasteiger partial charge is 0.312 e. The van der Waals surface area contributed by atoms with Gasteiger partial charge in [0, 0.05) is 17.5 Å². The molecule has 26 heavy (non-hydrogen) atoms. The fourth-order valence-corrected chi connectivity index (χ4v) is 3.73.